The first-order valence-electron chi connectivity index (χ1n) is 6.56. The summed E-state index contributed by atoms with van der Waals surface area (Å²) in [6.45, 7) is 6.08. The van der Waals surface area contributed by atoms with Gasteiger partial charge in [0.2, 0.25) is 0 Å². The lowest BCUT2D eigenvalue weighted by Gasteiger charge is -2.27. The Morgan fingerprint density at radius 1 is 1.24 bits per heavy atom. The molecular weight excluding hydrogens is 210 g/mol. The molecule has 2 N–H and O–H groups in total. The highest BCUT2D eigenvalue weighted by Gasteiger charge is 2.21. The van der Waals surface area contributed by atoms with Gasteiger partial charge in [-0.25, -0.2) is 0 Å². The van der Waals surface area contributed by atoms with E-state index < -0.39 is 0 Å². The fraction of sp³-hybridized carbons (Fsp3) is 0.600. The van der Waals surface area contributed by atoms with Crippen LogP contribution >= 0.6 is 0 Å². The number of hydrogen-bond donors (Lipinski definition) is 1. The normalized spacial score (nSPS) is 19.2. The average Bonchev–Trinajstić information content (AvgIpc) is 2.35. The molecule has 1 heterocycles. The van der Waals surface area contributed by atoms with Crippen molar-refractivity contribution in [1.29, 1.82) is 0 Å². The lowest BCUT2D eigenvalue weighted by Crippen LogP contribution is -2.36. The minimum Gasteiger partial charge on any atom is -0.381 e. The van der Waals surface area contributed by atoms with Crippen LogP contribution < -0.4 is 5.73 Å². The summed E-state index contributed by atoms with van der Waals surface area (Å²) in [5, 5.41) is 0. The summed E-state index contributed by atoms with van der Waals surface area (Å²) in [5.74, 6) is 0.630. The third-order valence-corrected chi connectivity index (χ3v) is 3.91. The zero-order chi connectivity index (χ0) is 12.3. The topological polar surface area (TPSA) is 35.2 Å². The van der Waals surface area contributed by atoms with Gasteiger partial charge in [-0.05, 0) is 55.7 Å². The Morgan fingerprint density at radius 2 is 1.94 bits per heavy atom. The third kappa shape index (κ3) is 3.30. The molecule has 2 nitrogen and oxygen atoms in total. The molecule has 1 aromatic rings. The summed E-state index contributed by atoms with van der Waals surface area (Å²) in [5.41, 5.74) is 10.4. The van der Waals surface area contributed by atoms with E-state index in [1.54, 1.807) is 0 Å². The van der Waals surface area contributed by atoms with Crippen molar-refractivity contribution < 1.29 is 4.74 Å². The first-order chi connectivity index (χ1) is 8.16. The molecule has 1 saturated heterocycles. The van der Waals surface area contributed by atoms with E-state index in [1.807, 2.05) is 0 Å². The predicted molar refractivity (Wildman–Crippen MR) is 71.1 cm³/mol. The van der Waals surface area contributed by atoms with Crippen molar-refractivity contribution in [3.8, 4) is 0 Å². The van der Waals surface area contributed by atoms with E-state index in [9.17, 15) is 0 Å². The number of rotatable bonds is 3. The summed E-state index contributed by atoms with van der Waals surface area (Å²) in [7, 11) is 0. The Morgan fingerprint density at radius 3 is 2.59 bits per heavy atom. The van der Waals surface area contributed by atoms with Gasteiger partial charge >= 0.3 is 0 Å². The minimum atomic E-state index is 0.279. The fourth-order valence-corrected chi connectivity index (χ4v) is 2.51. The van der Waals surface area contributed by atoms with Crippen molar-refractivity contribution in [2.45, 2.75) is 39.2 Å². The number of hydrogen-bond acceptors (Lipinski definition) is 2. The summed E-state index contributed by atoms with van der Waals surface area (Å²) >= 11 is 0. The molecule has 0 spiro atoms. The largest absolute Gasteiger partial charge is 0.381 e. The lowest BCUT2D eigenvalue weighted by molar-refractivity contribution is 0.0585. The van der Waals surface area contributed by atoms with E-state index in [-0.39, 0.29) is 6.04 Å². The molecule has 0 aromatic heterocycles. The van der Waals surface area contributed by atoms with E-state index in [2.05, 4.69) is 32.0 Å². The molecule has 2 rings (SSSR count). The number of benzene rings is 1. The third-order valence-electron chi connectivity index (χ3n) is 3.91. The molecule has 1 aliphatic rings. The van der Waals surface area contributed by atoms with Crippen LogP contribution in [0.2, 0.25) is 0 Å². The molecule has 0 radical (unpaired) electrons. The van der Waals surface area contributed by atoms with E-state index in [4.69, 9.17) is 10.5 Å². The maximum atomic E-state index is 6.31. The van der Waals surface area contributed by atoms with Crippen LogP contribution in [0.1, 0.15) is 29.5 Å². The molecule has 1 unspecified atom stereocenters. The SMILES string of the molecule is Cc1ccc(CC(N)C2CCOCC2)cc1C. The lowest BCUT2D eigenvalue weighted by atomic mass is 9.88. The van der Waals surface area contributed by atoms with Gasteiger partial charge in [-0.3, -0.25) is 0 Å². The number of nitrogens with two attached hydrogens (primary N) is 1. The highest BCUT2D eigenvalue weighted by atomic mass is 16.5. The van der Waals surface area contributed by atoms with Gasteiger partial charge in [0.25, 0.3) is 0 Å². The molecule has 0 aliphatic carbocycles. The molecule has 0 amide bonds. The molecule has 94 valence electrons. The molecular formula is C15H23NO. The molecule has 0 bridgehead atoms. The summed E-state index contributed by atoms with van der Waals surface area (Å²) in [4.78, 5) is 0. The van der Waals surface area contributed by atoms with Crippen molar-refractivity contribution in [1.82, 2.24) is 0 Å². The van der Waals surface area contributed by atoms with Gasteiger partial charge in [0.05, 0.1) is 0 Å². The first kappa shape index (κ1) is 12.6. The van der Waals surface area contributed by atoms with Crippen molar-refractivity contribution in [3.63, 3.8) is 0 Å². The van der Waals surface area contributed by atoms with E-state index in [1.165, 1.54) is 16.7 Å². The van der Waals surface area contributed by atoms with Crippen LogP contribution in [0.5, 0.6) is 0 Å². The predicted octanol–water partition coefficient (Wildman–Crippen LogP) is 2.60. The van der Waals surface area contributed by atoms with Gasteiger partial charge < -0.3 is 10.5 Å². The highest BCUT2D eigenvalue weighted by molar-refractivity contribution is 5.30. The monoisotopic (exact) mass is 233 g/mol. The Labute approximate surface area is 104 Å². The van der Waals surface area contributed by atoms with Crippen molar-refractivity contribution in [2.75, 3.05) is 13.2 Å². The maximum absolute atomic E-state index is 6.31. The van der Waals surface area contributed by atoms with Gasteiger partial charge in [-0.15, -0.1) is 0 Å². The molecule has 1 atom stereocenters. The van der Waals surface area contributed by atoms with Gasteiger partial charge in [0, 0.05) is 19.3 Å². The molecule has 0 saturated carbocycles. The van der Waals surface area contributed by atoms with Gasteiger partial charge in [0.15, 0.2) is 0 Å². The average molecular weight is 233 g/mol. The molecule has 2 heteroatoms. The summed E-state index contributed by atoms with van der Waals surface area (Å²) < 4.78 is 5.38. The van der Waals surface area contributed by atoms with Gasteiger partial charge in [-0.1, -0.05) is 18.2 Å². The first-order valence-corrected chi connectivity index (χ1v) is 6.56. The van der Waals surface area contributed by atoms with Gasteiger partial charge in [0.1, 0.15) is 0 Å². The molecule has 1 aliphatic heterocycles. The van der Waals surface area contributed by atoms with Gasteiger partial charge in [-0.2, -0.15) is 0 Å². The van der Waals surface area contributed by atoms with Crippen LogP contribution in [-0.2, 0) is 11.2 Å². The minimum absolute atomic E-state index is 0.279. The number of aryl methyl sites for hydroxylation is 2. The zero-order valence-electron chi connectivity index (χ0n) is 10.9. The zero-order valence-corrected chi connectivity index (χ0v) is 10.9. The Bertz CT molecular complexity index is 369. The second-order valence-corrected chi connectivity index (χ2v) is 5.24. The van der Waals surface area contributed by atoms with Crippen molar-refractivity contribution in [2.24, 2.45) is 11.7 Å². The van der Waals surface area contributed by atoms with E-state index in [0.717, 1.165) is 32.5 Å². The van der Waals surface area contributed by atoms with Crippen LogP contribution in [0.15, 0.2) is 18.2 Å². The Kier molecular flexibility index (Phi) is 4.19. The maximum Gasteiger partial charge on any atom is 0.0469 e. The molecule has 1 fully saturated rings. The summed E-state index contributed by atoms with van der Waals surface area (Å²) in [6.07, 6.45) is 3.23. The molecule has 17 heavy (non-hydrogen) atoms. The second kappa shape index (κ2) is 5.65. The standard InChI is InChI=1S/C15H23NO/c1-11-3-4-13(9-12(11)2)10-15(16)14-5-7-17-8-6-14/h3-4,9,14-15H,5-8,10,16H2,1-2H3. The van der Waals surface area contributed by atoms with Crippen LogP contribution in [0.4, 0.5) is 0 Å². The number of ether oxygens (including phenoxy) is 1. The fourth-order valence-electron chi connectivity index (χ4n) is 2.51. The van der Waals surface area contributed by atoms with Crippen molar-refractivity contribution in [3.05, 3.63) is 34.9 Å². The summed E-state index contributed by atoms with van der Waals surface area (Å²) in [6, 6.07) is 6.96. The van der Waals surface area contributed by atoms with Crippen LogP contribution in [0.3, 0.4) is 0 Å². The Hall–Kier alpha value is -0.860. The van der Waals surface area contributed by atoms with Crippen LogP contribution in [0.25, 0.3) is 0 Å². The van der Waals surface area contributed by atoms with Crippen LogP contribution in [-0.4, -0.2) is 19.3 Å². The smallest absolute Gasteiger partial charge is 0.0469 e. The molecule has 1 aromatic carbocycles. The quantitative estimate of drug-likeness (QED) is 0.871. The van der Waals surface area contributed by atoms with E-state index >= 15 is 0 Å². The van der Waals surface area contributed by atoms with Crippen molar-refractivity contribution >= 4 is 0 Å². The van der Waals surface area contributed by atoms with Crippen LogP contribution in [0, 0.1) is 19.8 Å². The second-order valence-electron chi connectivity index (χ2n) is 5.24. The highest BCUT2D eigenvalue weighted by Crippen LogP contribution is 2.21. The Balaban J connectivity index is 1.96. The van der Waals surface area contributed by atoms with E-state index in [0.29, 0.717) is 5.92 Å².